The molecule has 7 nitrogen and oxygen atoms in total. The highest BCUT2D eigenvalue weighted by molar-refractivity contribution is 7.18. The Hall–Kier alpha value is -2.89. The lowest BCUT2D eigenvalue weighted by atomic mass is 10.2. The van der Waals surface area contributed by atoms with Crippen LogP contribution in [-0.2, 0) is 9.53 Å². The van der Waals surface area contributed by atoms with E-state index in [1.807, 2.05) is 6.07 Å². The Morgan fingerprint density at radius 1 is 1.25 bits per heavy atom. The molecule has 2 rings (SSSR count). The maximum absolute atomic E-state index is 12.2. The van der Waals surface area contributed by atoms with E-state index in [0.717, 1.165) is 11.3 Å². The Morgan fingerprint density at radius 2 is 1.93 bits per heavy atom. The van der Waals surface area contributed by atoms with Gasteiger partial charge in [0.15, 0.2) is 0 Å². The number of esters is 1. The standard InChI is InChI=1S/C19H18ClN3O4S/c1-3-27-19(26)16-11(2)14(10-21)18(28-16)23-15(24)8-9-22-17(25)12-4-6-13(20)7-5-12/h4-7H,3,8-9H2,1-2H3,(H,22,25)(H,23,24). The van der Waals surface area contributed by atoms with Crippen LogP contribution in [0, 0.1) is 18.3 Å². The van der Waals surface area contributed by atoms with E-state index in [1.165, 1.54) is 0 Å². The maximum atomic E-state index is 12.2. The summed E-state index contributed by atoms with van der Waals surface area (Å²) in [6, 6.07) is 8.37. The van der Waals surface area contributed by atoms with Crippen molar-refractivity contribution < 1.29 is 19.1 Å². The van der Waals surface area contributed by atoms with Crippen LogP contribution in [0.25, 0.3) is 0 Å². The zero-order valence-electron chi connectivity index (χ0n) is 15.3. The molecule has 1 aromatic heterocycles. The van der Waals surface area contributed by atoms with Gasteiger partial charge in [-0.05, 0) is 43.7 Å². The minimum absolute atomic E-state index is 0.00981. The molecule has 0 aliphatic carbocycles. The first-order valence-electron chi connectivity index (χ1n) is 8.41. The van der Waals surface area contributed by atoms with Crippen LogP contribution in [0.3, 0.4) is 0 Å². The number of thiophene rings is 1. The molecule has 0 radical (unpaired) electrons. The van der Waals surface area contributed by atoms with Gasteiger partial charge in [0, 0.05) is 23.6 Å². The minimum Gasteiger partial charge on any atom is -0.462 e. The van der Waals surface area contributed by atoms with E-state index >= 15 is 0 Å². The second kappa shape index (κ2) is 9.88. The van der Waals surface area contributed by atoms with Crippen molar-refractivity contribution in [2.24, 2.45) is 0 Å². The Morgan fingerprint density at radius 3 is 2.54 bits per heavy atom. The highest BCUT2D eigenvalue weighted by atomic mass is 35.5. The summed E-state index contributed by atoms with van der Waals surface area (Å²) in [7, 11) is 0. The number of nitriles is 1. The number of anilines is 1. The van der Waals surface area contributed by atoms with E-state index < -0.39 is 5.97 Å². The van der Waals surface area contributed by atoms with Crippen molar-refractivity contribution in [2.75, 3.05) is 18.5 Å². The van der Waals surface area contributed by atoms with Gasteiger partial charge in [0.25, 0.3) is 5.91 Å². The zero-order valence-corrected chi connectivity index (χ0v) is 16.9. The molecule has 146 valence electrons. The summed E-state index contributed by atoms with van der Waals surface area (Å²) >= 11 is 6.77. The Labute approximate surface area is 171 Å². The number of rotatable bonds is 7. The molecule has 0 aliphatic rings. The molecule has 0 bridgehead atoms. The first-order valence-corrected chi connectivity index (χ1v) is 9.61. The van der Waals surface area contributed by atoms with Crippen LogP contribution in [0.4, 0.5) is 5.00 Å². The average Bonchev–Trinajstić information content (AvgIpc) is 2.97. The van der Waals surface area contributed by atoms with Crippen LogP contribution in [0.15, 0.2) is 24.3 Å². The normalized spacial score (nSPS) is 10.1. The lowest BCUT2D eigenvalue weighted by Gasteiger charge is -2.06. The molecule has 0 atom stereocenters. The first-order chi connectivity index (χ1) is 13.4. The van der Waals surface area contributed by atoms with Crippen LogP contribution in [0.2, 0.25) is 5.02 Å². The summed E-state index contributed by atoms with van der Waals surface area (Å²) in [6.07, 6.45) is 0.00981. The lowest BCUT2D eigenvalue weighted by Crippen LogP contribution is -2.27. The largest absolute Gasteiger partial charge is 0.462 e. The Bertz CT molecular complexity index is 932. The van der Waals surface area contributed by atoms with Crippen molar-refractivity contribution in [3.63, 3.8) is 0 Å². The number of hydrogen-bond acceptors (Lipinski definition) is 6. The van der Waals surface area contributed by atoms with E-state index in [1.54, 1.807) is 38.1 Å². The number of benzene rings is 1. The SMILES string of the molecule is CCOC(=O)c1sc(NC(=O)CCNC(=O)c2ccc(Cl)cc2)c(C#N)c1C. The summed E-state index contributed by atoms with van der Waals surface area (Å²) < 4.78 is 4.96. The minimum atomic E-state index is -0.530. The molecule has 28 heavy (non-hydrogen) atoms. The van der Waals surface area contributed by atoms with Gasteiger partial charge in [0.05, 0.1) is 12.2 Å². The van der Waals surface area contributed by atoms with Crippen LogP contribution < -0.4 is 10.6 Å². The van der Waals surface area contributed by atoms with Crippen molar-refractivity contribution >= 4 is 45.7 Å². The quantitative estimate of drug-likeness (QED) is 0.667. The number of nitrogens with one attached hydrogen (secondary N) is 2. The molecule has 1 heterocycles. The number of amides is 2. The van der Waals surface area contributed by atoms with Crippen LogP contribution >= 0.6 is 22.9 Å². The number of carbonyl (C=O) groups excluding carboxylic acids is 3. The van der Waals surface area contributed by atoms with E-state index in [0.29, 0.717) is 16.1 Å². The topological polar surface area (TPSA) is 108 Å². The molecule has 0 aliphatic heterocycles. The molecule has 2 aromatic rings. The van der Waals surface area contributed by atoms with Gasteiger partial charge in [0.2, 0.25) is 5.91 Å². The van der Waals surface area contributed by atoms with Crippen molar-refractivity contribution in [3.05, 3.63) is 50.9 Å². The Kier molecular flexibility index (Phi) is 7.55. The molecule has 0 fully saturated rings. The third-order valence-corrected chi connectivity index (χ3v) is 5.16. The molecule has 0 saturated carbocycles. The van der Waals surface area contributed by atoms with E-state index in [4.69, 9.17) is 16.3 Å². The molecule has 0 unspecified atom stereocenters. The zero-order chi connectivity index (χ0) is 20.7. The highest BCUT2D eigenvalue weighted by Crippen LogP contribution is 2.33. The third kappa shape index (κ3) is 5.31. The van der Waals surface area contributed by atoms with Gasteiger partial charge in [-0.3, -0.25) is 9.59 Å². The Balaban J connectivity index is 1.95. The van der Waals surface area contributed by atoms with Crippen molar-refractivity contribution in [1.82, 2.24) is 5.32 Å². The summed E-state index contributed by atoms with van der Waals surface area (Å²) in [4.78, 5) is 36.4. The molecule has 0 saturated heterocycles. The van der Waals surface area contributed by atoms with Crippen molar-refractivity contribution in [3.8, 4) is 6.07 Å². The van der Waals surface area contributed by atoms with Gasteiger partial charge in [0.1, 0.15) is 15.9 Å². The third-order valence-electron chi connectivity index (χ3n) is 3.72. The highest BCUT2D eigenvalue weighted by Gasteiger charge is 2.22. The molecular weight excluding hydrogens is 402 g/mol. The van der Waals surface area contributed by atoms with Gasteiger partial charge >= 0.3 is 5.97 Å². The van der Waals surface area contributed by atoms with Crippen LogP contribution in [0.1, 0.15) is 44.5 Å². The fourth-order valence-corrected chi connectivity index (χ4v) is 3.50. The molecule has 9 heteroatoms. The number of nitrogens with zero attached hydrogens (tertiary/aromatic N) is 1. The molecular formula is C19H18ClN3O4S. The first kappa shape index (κ1) is 21.4. The summed E-state index contributed by atoms with van der Waals surface area (Å²) in [5.41, 5.74) is 1.13. The predicted octanol–water partition coefficient (Wildman–Crippen LogP) is 3.52. The van der Waals surface area contributed by atoms with Gasteiger partial charge in [-0.15, -0.1) is 11.3 Å². The van der Waals surface area contributed by atoms with Crippen LogP contribution in [0.5, 0.6) is 0 Å². The smallest absolute Gasteiger partial charge is 0.348 e. The summed E-state index contributed by atoms with van der Waals surface area (Å²) in [5.74, 6) is -1.24. The molecule has 1 aromatic carbocycles. The second-order valence-corrected chi connectivity index (χ2v) is 7.11. The van der Waals surface area contributed by atoms with E-state index in [9.17, 15) is 19.6 Å². The number of hydrogen-bond donors (Lipinski definition) is 2. The number of carbonyl (C=O) groups is 3. The lowest BCUT2D eigenvalue weighted by molar-refractivity contribution is -0.116. The van der Waals surface area contributed by atoms with Crippen molar-refractivity contribution in [1.29, 1.82) is 5.26 Å². The number of halogens is 1. The van der Waals surface area contributed by atoms with Gasteiger partial charge < -0.3 is 15.4 Å². The number of ether oxygens (including phenoxy) is 1. The maximum Gasteiger partial charge on any atom is 0.348 e. The second-order valence-electron chi connectivity index (χ2n) is 5.65. The van der Waals surface area contributed by atoms with Gasteiger partial charge in [-0.25, -0.2) is 4.79 Å². The van der Waals surface area contributed by atoms with Gasteiger partial charge in [-0.1, -0.05) is 11.6 Å². The summed E-state index contributed by atoms with van der Waals surface area (Å²) in [5, 5.41) is 15.4. The fraction of sp³-hybridized carbons (Fsp3) is 0.263. The van der Waals surface area contributed by atoms with Gasteiger partial charge in [-0.2, -0.15) is 5.26 Å². The molecule has 2 N–H and O–H groups in total. The summed E-state index contributed by atoms with van der Waals surface area (Å²) in [6.45, 7) is 3.65. The van der Waals surface area contributed by atoms with E-state index in [-0.39, 0.29) is 46.8 Å². The predicted molar refractivity (Wildman–Crippen MR) is 107 cm³/mol. The van der Waals surface area contributed by atoms with Crippen molar-refractivity contribution in [2.45, 2.75) is 20.3 Å². The average molecular weight is 420 g/mol. The van der Waals surface area contributed by atoms with E-state index in [2.05, 4.69) is 10.6 Å². The molecule has 0 spiro atoms. The fourth-order valence-electron chi connectivity index (χ4n) is 2.31. The van der Waals surface area contributed by atoms with Crippen LogP contribution in [-0.4, -0.2) is 30.9 Å². The monoisotopic (exact) mass is 419 g/mol. The molecule has 2 amide bonds.